The maximum atomic E-state index is 14.4. The quantitative estimate of drug-likeness (QED) is 0.0262. The van der Waals surface area contributed by atoms with E-state index in [4.69, 9.17) is 34.9 Å². The molecule has 2 aromatic carbocycles. The van der Waals surface area contributed by atoms with Crippen molar-refractivity contribution in [3.05, 3.63) is 107 Å². The van der Waals surface area contributed by atoms with Crippen molar-refractivity contribution in [3.8, 4) is 23.0 Å². The molecule has 11 atom stereocenters. The number of nitrogens with zero attached hydrogens (tertiary/aromatic N) is 6. The van der Waals surface area contributed by atoms with Crippen LogP contribution in [0.25, 0.3) is 10.8 Å². The second-order valence-corrected chi connectivity index (χ2v) is 22.9. The Hall–Kier alpha value is -8.15. The van der Waals surface area contributed by atoms with Gasteiger partial charge in [-0.25, -0.2) is 4.98 Å². The number of nitrogens with two attached hydrogens (primary N) is 1. The number of hydrogen-bond donors (Lipinski definition) is 12. The van der Waals surface area contributed by atoms with E-state index in [1.54, 1.807) is 76.4 Å². The largest absolute Gasteiger partial charge is 0.507 e. The molecule has 4 aromatic rings. The number of nitrogens with one attached hydrogen (secondary N) is 4. The van der Waals surface area contributed by atoms with Crippen LogP contribution in [0.1, 0.15) is 117 Å². The van der Waals surface area contributed by atoms with Crippen LogP contribution in [0.4, 0.5) is 5.69 Å². The van der Waals surface area contributed by atoms with Crippen molar-refractivity contribution in [1.29, 1.82) is 0 Å². The number of aliphatic hydroxyl groups is 4. The van der Waals surface area contributed by atoms with E-state index in [1.165, 1.54) is 78.0 Å². The molecule has 4 aliphatic rings. The highest BCUT2D eigenvalue weighted by molar-refractivity contribution is 6.24. The number of piperazine rings is 1. The number of pyridine rings is 1. The molecular weight excluding hydrogens is 1190 g/mol. The molecule has 5 bridgehead atoms. The maximum absolute atomic E-state index is 14.4. The number of hydrazone groups is 1. The number of aliphatic hydroxyl groups excluding tert-OH is 4. The van der Waals surface area contributed by atoms with Gasteiger partial charge in [0.25, 0.3) is 23.5 Å². The highest BCUT2D eigenvalue weighted by Crippen LogP contribution is 2.55. The van der Waals surface area contributed by atoms with Gasteiger partial charge in [0.15, 0.2) is 5.75 Å². The van der Waals surface area contributed by atoms with Crippen LogP contribution >= 0.6 is 0 Å². The SMILES string of the molecule is CC[C@@H](CO)NCCN[C@@H](CC)CO.CNC(=O)c1ccncc1.CO[C@H]1/C=C/O[C@@]2(C)Oc3c(C)c(O)c4c(O)c(c(/C=N/N5CCN(C)CC5)c(O)c4c3C2=O)NC(=O)/C(C)=C\C=C\[C@H](C)[C@H](O)[C@@H](C)[C@@H](O)[C@@H](C)[C@H](OC(C)=O)[C@@H]1C.NC(=O)c1cnccn1. The van der Waals surface area contributed by atoms with E-state index in [0.717, 1.165) is 39.0 Å². The average molecular weight is 1290 g/mol. The molecule has 506 valence electrons. The van der Waals surface area contributed by atoms with Crippen LogP contribution in [0.15, 0.2) is 84.4 Å². The Morgan fingerprint density at radius 2 is 1.49 bits per heavy atom. The summed E-state index contributed by atoms with van der Waals surface area (Å²) < 4.78 is 23.6. The standard InChI is InChI=1S/C43H58N4O12.C10H24N2O2.C7H8N2O.C5H5N3O/c1-21-12-11-13-22(2)42(55)45-33-28(20-44-47-17-15-46(9)16-18-47)37(52)30-31(38(33)53)36(51)26(6)40-32(30)41(54)43(8,59-40)57-19-14-29(56-10)23(3)39(58-27(7)48)25(5)35(50)24(4)34(21)49;1-3-9(7-13)11-5-6-12-10(4-2)8-14;1-8-7(10)6-2-4-9-5-3-6;6-5(9)4-3-7-1-2-8-4/h11-14,19-21,23-25,29,34-35,39,49-53H,15-18H2,1-10H3,(H,45,55);9-14H,3-8H2,1-2H3;2-5H,1H3,(H,8,10);1-3H,(H2,6,9)/b12-11+,19-14+,22-13-,44-20+;;;/t21-,23+,24+,25+,29-,34-,35+,39+,43-;9-,10-;;/m00../s1. The van der Waals surface area contributed by atoms with E-state index in [1.807, 2.05) is 20.9 Å². The number of carbonyl (C=O) groups excluding carboxylic acids is 5. The Balaban J connectivity index is 0.000000438. The van der Waals surface area contributed by atoms with E-state index in [9.17, 15) is 49.5 Å². The van der Waals surface area contributed by atoms with Gasteiger partial charge in [0.1, 0.15) is 29.0 Å². The number of fused-ring (bicyclic) bond motifs is 14. The van der Waals surface area contributed by atoms with Gasteiger partial charge in [0.05, 0.1) is 72.4 Å². The zero-order chi connectivity index (χ0) is 68.6. The first-order valence-corrected chi connectivity index (χ1v) is 30.6. The average Bonchev–Trinajstić information content (AvgIpc) is 1.44. The number of esters is 1. The fourth-order valence-corrected chi connectivity index (χ4v) is 10.2. The van der Waals surface area contributed by atoms with Crippen molar-refractivity contribution >= 4 is 52.1 Å². The van der Waals surface area contributed by atoms with Crippen LogP contribution in [-0.4, -0.2) is 212 Å². The number of hydrogen-bond acceptors (Lipinski definition) is 24. The summed E-state index contributed by atoms with van der Waals surface area (Å²) in [6.45, 7) is 21.2. The smallest absolute Gasteiger partial charge is 0.312 e. The van der Waals surface area contributed by atoms with Crippen molar-refractivity contribution in [2.75, 3.05) is 79.0 Å². The fraction of sp³-hybridized carbons (Fsp3) is 0.523. The summed E-state index contributed by atoms with van der Waals surface area (Å²) in [5.41, 5.74) is 5.35. The molecule has 0 spiro atoms. The number of amides is 3. The summed E-state index contributed by atoms with van der Waals surface area (Å²) in [6.07, 6.45) is 14.1. The molecule has 0 unspecified atom stereocenters. The summed E-state index contributed by atoms with van der Waals surface area (Å²) in [5.74, 6) is -8.98. The van der Waals surface area contributed by atoms with Crippen LogP contribution in [0, 0.1) is 30.6 Å². The zero-order valence-electron chi connectivity index (χ0n) is 54.9. The number of aromatic hydroxyl groups is 3. The highest BCUT2D eigenvalue weighted by atomic mass is 16.7. The number of methoxy groups -OCH3 is 1. The lowest BCUT2D eigenvalue weighted by molar-refractivity contribution is -0.160. The Morgan fingerprint density at radius 3 is 2.01 bits per heavy atom. The number of phenols is 3. The third-order valence-electron chi connectivity index (χ3n) is 16.3. The summed E-state index contributed by atoms with van der Waals surface area (Å²) >= 11 is 0. The van der Waals surface area contributed by atoms with Crippen molar-refractivity contribution in [1.82, 2.24) is 40.8 Å². The molecule has 1 fully saturated rings. The molecule has 2 aromatic heterocycles. The van der Waals surface area contributed by atoms with Gasteiger partial charge in [-0.1, -0.05) is 59.8 Å². The second kappa shape index (κ2) is 36.8. The molecule has 3 amide bonds. The number of carbonyl (C=O) groups is 5. The minimum Gasteiger partial charge on any atom is -0.507 e. The van der Waals surface area contributed by atoms with Gasteiger partial charge in [-0.15, -0.1) is 0 Å². The summed E-state index contributed by atoms with van der Waals surface area (Å²) in [7, 11) is 5.02. The topological polar surface area (TPSA) is 396 Å². The number of ether oxygens (including phenoxy) is 4. The number of ketones is 1. The van der Waals surface area contributed by atoms with Gasteiger partial charge in [-0.3, -0.25) is 38.9 Å². The van der Waals surface area contributed by atoms with E-state index < -0.39 is 94.7 Å². The predicted octanol–water partition coefficient (Wildman–Crippen LogP) is 4.06. The van der Waals surface area contributed by atoms with Crippen LogP contribution in [0.5, 0.6) is 23.0 Å². The lowest BCUT2D eigenvalue weighted by atomic mass is 9.78. The number of Topliss-reactive ketones (excluding diaryl/α,β-unsaturated/α-hetero) is 1. The number of likely N-dealkylation sites (N-methyl/N-ethyl adjacent to an activating group) is 1. The Labute approximate surface area is 537 Å². The molecular formula is C65H95N11O16. The number of primary amides is 1. The monoisotopic (exact) mass is 1290 g/mol. The summed E-state index contributed by atoms with van der Waals surface area (Å²) in [4.78, 5) is 74.9. The van der Waals surface area contributed by atoms with Gasteiger partial charge < -0.3 is 86.6 Å². The summed E-state index contributed by atoms with van der Waals surface area (Å²) in [6, 6.07) is 3.73. The van der Waals surface area contributed by atoms with E-state index in [2.05, 4.69) is 46.2 Å². The lowest BCUT2D eigenvalue weighted by Gasteiger charge is -2.38. The molecule has 8 rings (SSSR count). The van der Waals surface area contributed by atoms with Crippen molar-refractivity contribution in [2.45, 2.75) is 124 Å². The molecule has 1 saturated heterocycles. The summed E-state index contributed by atoms with van der Waals surface area (Å²) in [5, 5.41) is 93.6. The first kappa shape index (κ1) is 76.3. The Kier molecular flexibility index (Phi) is 30.5. The van der Waals surface area contributed by atoms with Gasteiger partial charge in [0, 0.05) is 150 Å². The Morgan fingerprint density at radius 1 is 0.870 bits per heavy atom. The number of allylic oxidation sites excluding steroid dienone is 2. The van der Waals surface area contributed by atoms with E-state index in [-0.39, 0.29) is 81.4 Å². The van der Waals surface area contributed by atoms with Gasteiger partial charge in [-0.05, 0) is 51.9 Å². The highest BCUT2D eigenvalue weighted by Gasteiger charge is 2.50. The Bertz CT molecular complexity index is 3180. The van der Waals surface area contributed by atoms with Crippen LogP contribution in [-0.2, 0) is 23.8 Å². The van der Waals surface area contributed by atoms with E-state index in [0.29, 0.717) is 18.7 Å². The molecule has 13 N–H and O–H groups in total. The predicted molar refractivity (Wildman–Crippen MR) is 347 cm³/mol. The fourth-order valence-electron chi connectivity index (χ4n) is 10.2. The molecule has 0 saturated carbocycles. The molecule has 92 heavy (non-hydrogen) atoms. The molecule has 4 aliphatic heterocycles. The van der Waals surface area contributed by atoms with Crippen LogP contribution in [0.3, 0.4) is 0 Å². The third kappa shape index (κ3) is 20.4. The molecule has 6 heterocycles. The second-order valence-electron chi connectivity index (χ2n) is 22.9. The number of phenolic OH excluding ortho intramolecular Hbond substituents is 3. The van der Waals surface area contributed by atoms with Crippen LogP contribution in [0.2, 0.25) is 0 Å². The van der Waals surface area contributed by atoms with Gasteiger partial charge in [-0.2, -0.15) is 5.10 Å². The molecule has 27 heteroatoms. The van der Waals surface area contributed by atoms with Gasteiger partial charge >= 0.3 is 11.8 Å². The minimum absolute atomic E-state index is 0.0559. The van der Waals surface area contributed by atoms with Crippen molar-refractivity contribution in [2.24, 2.45) is 34.5 Å². The minimum atomic E-state index is -2.04. The molecule has 0 radical (unpaired) electrons. The number of anilines is 1. The normalized spacial score (nSPS) is 24.8. The first-order chi connectivity index (χ1) is 43.7. The lowest BCUT2D eigenvalue weighted by Crippen LogP contribution is -2.46. The van der Waals surface area contributed by atoms with Gasteiger partial charge in [0.2, 0.25) is 0 Å². The zero-order valence-corrected chi connectivity index (χ0v) is 54.9. The third-order valence-corrected chi connectivity index (χ3v) is 16.3. The van der Waals surface area contributed by atoms with E-state index >= 15 is 0 Å². The number of aromatic nitrogens is 3. The molecule has 27 nitrogen and oxygen atoms in total. The van der Waals surface area contributed by atoms with Crippen molar-refractivity contribution < 1.29 is 78.7 Å². The van der Waals surface area contributed by atoms with Crippen LogP contribution < -0.4 is 31.7 Å². The van der Waals surface area contributed by atoms with Crippen molar-refractivity contribution in [3.63, 3.8) is 0 Å². The number of benzene rings is 2. The number of rotatable bonds is 15. The maximum Gasteiger partial charge on any atom is 0.312 e. The first-order valence-electron chi connectivity index (χ1n) is 30.6. The molecule has 0 aliphatic carbocycles.